The number of aryl methyl sites for hydroxylation is 1. The van der Waals surface area contributed by atoms with Gasteiger partial charge in [-0.25, -0.2) is 0 Å². The molecule has 0 aliphatic rings. The van der Waals surface area contributed by atoms with Crippen LogP contribution in [0.2, 0.25) is 0 Å². The summed E-state index contributed by atoms with van der Waals surface area (Å²) in [5, 5.41) is 8.35. The number of unbranched alkanes of at least 4 members (excludes halogenated alkanes) is 1. The Morgan fingerprint density at radius 2 is 2.09 bits per heavy atom. The van der Waals surface area contributed by atoms with Crippen LogP contribution in [0.15, 0.2) is 36.5 Å². The van der Waals surface area contributed by atoms with Gasteiger partial charge in [-0.15, -0.1) is 5.10 Å². The van der Waals surface area contributed by atoms with Gasteiger partial charge in [0.25, 0.3) is 0 Å². The van der Waals surface area contributed by atoms with E-state index in [0.717, 1.165) is 30.6 Å². The molecule has 0 aliphatic carbocycles. The van der Waals surface area contributed by atoms with Gasteiger partial charge in [-0.05, 0) is 18.9 Å². The number of primary amides is 1. The number of nitrogens with zero attached hydrogens (tertiary/aromatic N) is 4. The zero-order valence-corrected chi connectivity index (χ0v) is 13.9. The van der Waals surface area contributed by atoms with Gasteiger partial charge in [-0.2, -0.15) is 0 Å². The molecule has 6 nitrogen and oxygen atoms in total. The van der Waals surface area contributed by atoms with Gasteiger partial charge in [-0.3, -0.25) is 14.4 Å². The molecule has 1 aromatic carbocycles. The summed E-state index contributed by atoms with van der Waals surface area (Å²) in [4.78, 5) is 13.4. The van der Waals surface area contributed by atoms with Crippen molar-refractivity contribution in [3.63, 3.8) is 0 Å². The van der Waals surface area contributed by atoms with E-state index in [4.69, 9.17) is 5.73 Å². The minimum absolute atomic E-state index is 0.0736. The third-order valence-corrected chi connectivity index (χ3v) is 3.88. The minimum Gasteiger partial charge on any atom is -0.369 e. The number of rotatable bonds is 9. The Balaban J connectivity index is 2.09. The summed E-state index contributed by atoms with van der Waals surface area (Å²) in [7, 11) is 0. The second-order valence-corrected chi connectivity index (χ2v) is 5.78. The molecule has 2 rings (SSSR count). The molecule has 0 unspecified atom stereocenters. The number of hydrogen-bond acceptors (Lipinski definition) is 4. The summed E-state index contributed by atoms with van der Waals surface area (Å²) < 4.78 is 1.86. The van der Waals surface area contributed by atoms with Crippen molar-refractivity contribution in [3.05, 3.63) is 47.8 Å². The molecule has 1 heterocycles. The van der Waals surface area contributed by atoms with Gasteiger partial charge in [-0.1, -0.05) is 48.9 Å². The Bertz CT molecular complexity index is 610. The maximum atomic E-state index is 11.4. The molecule has 0 bridgehead atoms. The van der Waals surface area contributed by atoms with Crippen molar-refractivity contribution in [1.82, 2.24) is 19.9 Å². The monoisotopic (exact) mass is 315 g/mol. The van der Waals surface area contributed by atoms with Crippen LogP contribution in [0.25, 0.3) is 0 Å². The number of carbonyl (C=O) groups is 1. The van der Waals surface area contributed by atoms with Gasteiger partial charge in [0, 0.05) is 25.3 Å². The molecule has 6 heteroatoms. The predicted octanol–water partition coefficient (Wildman–Crippen LogP) is 2.13. The van der Waals surface area contributed by atoms with Crippen LogP contribution in [-0.4, -0.2) is 32.3 Å². The third-order valence-electron chi connectivity index (χ3n) is 3.88. The van der Waals surface area contributed by atoms with Gasteiger partial charge in [0.15, 0.2) is 0 Å². The number of carbonyl (C=O) groups excluding carboxylic acids is 1. The van der Waals surface area contributed by atoms with Crippen LogP contribution in [0.1, 0.15) is 44.0 Å². The molecule has 0 saturated carbocycles. The molecule has 0 fully saturated rings. The average Bonchev–Trinajstić information content (AvgIpc) is 2.99. The fourth-order valence-corrected chi connectivity index (χ4v) is 2.52. The molecular formula is C17H25N5O. The Labute approximate surface area is 137 Å². The summed E-state index contributed by atoms with van der Waals surface area (Å²) in [5.41, 5.74) is 7.41. The highest BCUT2D eigenvalue weighted by Gasteiger charge is 2.19. The lowest BCUT2D eigenvalue weighted by molar-refractivity contribution is -0.119. The lowest BCUT2D eigenvalue weighted by Gasteiger charge is -2.27. The Hall–Kier alpha value is -2.21. The van der Waals surface area contributed by atoms with Crippen molar-refractivity contribution < 1.29 is 4.79 Å². The summed E-state index contributed by atoms with van der Waals surface area (Å²) in [6.45, 7) is 5.82. The minimum atomic E-state index is -0.342. The van der Waals surface area contributed by atoms with E-state index in [0.29, 0.717) is 6.54 Å². The second-order valence-electron chi connectivity index (χ2n) is 5.78. The standard InChI is InChI=1S/C17H25N5O/c1-3-4-10-22-12-16(19-20-22)11-21(13-17(18)23)14(2)15-8-6-5-7-9-15/h5-9,12,14H,3-4,10-11,13H2,1-2H3,(H2,18,23)/t14-/m1/s1. The Morgan fingerprint density at radius 3 is 2.74 bits per heavy atom. The molecule has 1 amide bonds. The van der Waals surface area contributed by atoms with Gasteiger partial charge in [0.05, 0.1) is 12.2 Å². The van der Waals surface area contributed by atoms with Gasteiger partial charge in [0.2, 0.25) is 5.91 Å². The highest BCUT2D eigenvalue weighted by Crippen LogP contribution is 2.21. The largest absolute Gasteiger partial charge is 0.369 e. The van der Waals surface area contributed by atoms with Crippen molar-refractivity contribution in [2.45, 2.75) is 45.8 Å². The van der Waals surface area contributed by atoms with Gasteiger partial charge in [0.1, 0.15) is 0 Å². The highest BCUT2D eigenvalue weighted by molar-refractivity contribution is 5.76. The first kappa shape index (κ1) is 17.1. The Morgan fingerprint density at radius 1 is 1.35 bits per heavy atom. The van der Waals surface area contributed by atoms with Crippen LogP contribution in [0.4, 0.5) is 0 Å². The second kappa shape index (κ2) is 8.43. The molecular weight excluding hydrogens is 290 g/mol. The van der Waals surface area contributed by atoms with Crippen LogP contribution in [-0.2, 0) is 17.9 Å². The predicted molar refractivity (Wildman–Crippen MR) is 89.4 cm³/mol. The molecule has 1 atom stereocenters. The van der Waals surface area contributed by atoms with Gasteiger partial charge >= 0.3 is 0 Å². The molecule has 124 valence electrons. The summed E-state index contributed by atoms with van der Waals surface area (Å²) in [6, 6.07) is 10.1. The van der Waals surface area contributed by atoms with Crippen LogP contribution >= 0.6 is 0 Å². The highest BCUT2D eigenvalue weighted by atomic mass is 16.1. The maximum Gasteiger partial charge on any atom is 0.231 e. The van der Waals surface area contributed by atoms with E-state index in [-0.39, 0.29) is 18.5 Å². The van der Waals surface area contributed by atoms with Crippen molar-refractivity contribution in [1.29, 1.82) is 0 Å². The molecule has 0 radical (unpaired) electrons. The van der Waals surface area contributed by atoms with Gasteiger partial charge < -0.3 is 5.73 Å². The number of aromatic nitrogens is 3. The summed E-state index contributed by atoms with van der Waals surface area (Å²) in [5.74, 6) is -0.342. The van der Waals surface area contributed by atoms with E-state index < -0.39 is 0 Å². The van der Waals surface area contributed by atoms with Crippen LogP contribution in [0, 0.1) is 0 Å². The molecule has 0 spiro atoms. The van der Waals surface area contributed by atoms with E-state index >= 15 is 0 Å². The number of hydrogen-bond donors (Lipinski definition) is 1. The topological polar surface area (TPSA) is 77.0 Å². The first-order valence-corrected chi connectivity index (χ1v) is 8.06. The lowest BCUT2D eigenvalue weighted by Crippen LogP contribution is -2.35. The number of amides is 1. The molecule has 2 N–H and O–H groups in total. The van der Waals surface area contributed by atoms with Crippen LogP contribution in [0.5, 0.6) is 0 Å². The average molecular weight is 315 g/mol. The van der Waals surface area contributed by atoms with E-state index in [1.54, 1.807) is 0 Å². The SMILES string of the molecule is CCCCn1cc(CN(CC(N)=O)[C@H](C)c2ccccc2)nn1. The number of benzene rings is 1. The third kappa shape index (κ3) is 5.17. The maximum absolute atomic E-state index is 11.4. The summed E-state index contributed by atoms with van der Waals surface area (Å²) >= 11 is 0. The van der Waals surface area contributed by atoms with E-state index in [2.05, 4.69) is 36.3 Å². The molecule has 0 aliphatic heterocycles. The van der Waals surface area contributed by atoms with Crippen molar-refractivity contribution in [2.75, 3.05) is 6.54 Å². The van der Waals surface area contributed by atoms with Crippen molar-refractivity contribution in [3.8, 4) is 0 Å². The first-order valence-electron chi connectivity index (χ1n) is 8.06. The normalized spacial score (nSPS) is 12.5. The fraction of sp³-hybridized carbons (Fsp3) is 0.471. The fourth-order valence-electron chi connectivity index (χ4n) is 2.52. The van der Waals surface area contributed by atoms with Crippen LogP contribution < -0.4 is 5.73 Å². The zero-order chi connectivity index (χ0) is 16.7. The number of nitrogens with two attached hydrogens (primary N) is 1. The summed E-state index contributed by atoms with van der Waals surface area (Å²) in [6.07, 6.45) is 4.14. The van der Waals surface area contributed by atoms with Crippen LogP contribution in [0.3, 0.4) is 0 Å². The van der Waals surface area contributed by atoms with Crippen molar-refractivity contribution >= 4 is 5.91 Å². The van der Waals surface area contributed by atoms with E-state index in [1.807, 2.05) is 34.0 Å². The smallest absolute Gasteiger partial charge is 0.231 e. The zero-order valence-electron chi connectivity index (χ0n) is 13.9. The quantitative estimate of drug-likeness (QED) is 0.769. The Kier molecular flexibility index (Phi) is 6.29. The molecule has 1 aromatic heterocycles. The van der Waals surface area contributed by atoms with E-state index in [1.165, 1.54) is 0 Å². The molecule has 2 aromatic rings. The first-order chi connectivity index (χ1) is 11.1. The lowest BCUT2D eigenvalue weighted by atomic mass is 10.1. The molecule has 23 heavy (non-hydrogen) atoms. The molecule has 0 saturated heterocycles. The van der Waals surface area contributed by atoms with Crippen molar-refractivity contribution in [2.24, 2.45) is 5.73 Å². The van der Waals surface area contributed by atoms with E-state index in [9.17, 15) is 4.79 Å².